The maximum Gasteiger partial charge on any atom is 0.0223 e. The van der Waals surface area contributed by atoms with Crippen LogP contribution in [0.1, 0.15) is 148 Å². The van der Waals surface area contributed by atoms with Gasteiger partial charge in [-0.25, -0.2) is 0 Å². The molecule has 0 atom stereocenters. The highest BCUT2D eigenvalue weighted by molar-refractivity contribution is 6.17. The van der Waals surface area contributed by atoms with Gasteiger partial charge in [-0.3, -0.25) is 0 Å². The fraction of sp³-hybridized carbons (Fsp3) is 0.667. The van der Waals surface area contributed by atoms with Crippen molar-refractivity contribution in [3.8, 4) is 11.1 Å². The molecule has 0 saturated heterocycles. The number of benzene rings is 2. The molecule has 37 heavy (non-hydrogen) atoms. The van der Waals surface area contributed by atoms with Gasteiger partial charge in [0, 0.05) is 5.88 Å². The van der Waals surface area contributed by atoms with Crippen LogP contribution in [0.5, 0.6) is 0 Å². The first-order valence-electron chi connectivity index (χ1n) is 16.0. The van der Waals surface area contributed by atoms with Gasteiger partial charge in [-0.05, 0) is 17.5 Å². The van der Waals surface area contributed by atoms with Gasteiger partial charge >= 0.3 is 0 Å². The molecule has 0 amide bonds. The van der Waals surface area contributed by atoms with E-state index in [1.54, 1.807) is 0 Å². The van der Waals surface area contributed by atoms with Crippen molar-refractivity contribution >= 4 is 11.6 Å². The standard InChI is InChI=1S/C24H49Cl.C12H10/c1-2-3-4-5-6-7-8-9-10-11-12-13-14-15-16-17-18-19-20-21-22-23-24-25;1-3-7-11(8-4-1)12-9-5-2-6-10-12/h2-24H2,1H3;1-10H. The molecule has 2 aromatic rings. The van der Waals surface area contributed by atoms with Gasteiger partial charge in [0.2, 0.25) is 0 Å². The van der Waals surface area contributed by atoms with E-state index in [2.05, 4.69) is 55.5 Å². The Hall–Kier alpha value is -1.27. The smallest absolute Gasteiger partial charge is 0.0223 e. The molecule has 2 aromatic carbocycles. The van der Waals surface area contributed by atoms with Crippen LogP contribution in [0.25, 0.3) is 11.1 Å². The molecule has 0 spiro atoms. The Balaban J connectivity index is 0.000000466. The minimum absolute atomic E-state index is 0.846. The van der Waals surface area contributed by atoms with Crippen LogP contribution in [-0.2, 0) is 0 Å². The third kappa shape index (κ3) is 22.4. The van der Waals surface area contributed by atoms with E-state index in [4.69, 9.17) is 11.6 Å². The van der Waals surface area contributed by atoms with Crippen LogP contribution < -0.4 is 0 Å². The third-order valence-corrected chi connectivity index (χ3v) is 7.64. The van der Waals surface area contributed by atoms with Gasteiger partial charge in [-0.15, -0.1) is 11.6 Å². The molecule has 0 radical (unpaired) electrons. The molecule has 0 aliphatic heterocycles. The predicted octanol–water partition coefficient (Wildman–Crippen LogP) is 13.2. The van der Waals surface area contributed by atoms with Crippen LogP contribution in [0.3, 0.4) is 0 Å². The van der Waals surface area contributed by atoms with E-state index in [9.17, 15) is 0 Å². The van der Waals surface area contributed by atoms with Gasteiger partial charge in [0.25, 0.3) is 0 Å². The average molecular weight is 527 g/mol. The molecule has 1 heteroatoms. The van der Waals surface area contributed by atoms with Crippen LogP contribution in [0, 0.1) is 0 Å². The minimum atomic E-state index is 0.846. The lowest BCUT2D eigenvalue weighted by atomic mass is 10.0. The fourth-order valence-corrected chi connectivity index (χ4v) is 5.15. The molecule has 0 nitrogen and oxygen atoms in total. The highest BCUT2D eigenvalue weighted by atomic mass is 35.5. The number of unbranched alkanes of at least 4 members (excludes halogenated alkanes) is 21. The Bertz CT molecular complexity index is 606. The van der Waals surface area contributed by atoms with Crippen molar-refractivity contribution in [2.75, 3.05) is 5.88 Å². The van der Waals surface area contributed by atoms with Gasteiger partial charge in [-0.2, -0.15) is 0 Å². The second kappa shape index (κ2) is 27.8. The number of rotatable bonds is 23. The predicted molar refractivity (Wildman–Crippen MR) is 170 cm³/mol. The Morgan fingerprint density at radius 3 is 0.838 bits per heavy atom. The maximum absolute atomic E-state index is 5.69. The summed E-state index contributed by atoms with van der Waals surface area (Å²) in [4.78, 5) is 0. The first-order chi connectivity index (χ1) is 18.4. The molecular formula is C36H59Cl. The van der Waals surface area contributed by atoms with E-state index in [1.165, 1.54) is 152 Å². The summed E-state index contributed by atoms with van der Waals surface area (Å²) in [6.07, 6.45) is 31.8. The molecule has 0 N–H and O–H groups in total. The van der Waals surface area contributed by atoms with Crippen LogP contribution in [0.4, 0.5) is 0 Å². The summed E-state index contributed by atoms with van der Waals surface area (Å²) in [5, 5.41) is 0. The van der Waals surface area contributed by atoms with E-state index in [0.29, 0.717) is 0 Å². The highest BCUT2D eigenvalue weighted by Gasteiger charge is 1.96. The topological polar surface area (TPSA) is 0 Å². The first kappa shape index (κ1) is 33.8. The van der Waals surface area contributed by atoms with Crippen molar-refractivity contribution in [2.45, 2.75) is 148 Å². The van der Waals surface area contributed by atoms with Crippen LogP contribution in [-0.4, -0.2) is 5.88 Å². The third-order valence-electron chi connectivity index (χ3n) is 7.37. The molecule has 0 saturated carbocycles. The summed E-state index contributed by atoms with van der Waals surface area (Å²) in [5.74, 6) is 0.846. The quantitative estimate of drug-likeness (QED) is 0.0996. The second-order valence-corrected chi connectivity index (χ2v) is 11.2. The lowest BCUT2D eigenvalue weighted by molar-refractivity contribution is 0.520. The van der Waals surface area contributed by atoms with Crippen LogP contribution in [0.15, 0.2) is 60.7 Å². The Morgan fingerprint density at radius 1 is 0.351 bits per heavy atom. The van der Waals surface area contributed by atoms with Crippen molar-refractivity contribution in [2.24, 2.45) is 0 Å². The average Bonchev–Trinajstić information content (AvgIpc) is 2.95. The number of hydrogen-bond donors (Lipinski definition) is 0. The fourth-order valence-electron chi connectivity index (χ4n) is 4.96. The molecule has 0 aliphatic carbocycles. The van der Waals surface area contributed by atoms with Crippen LogP contribution in [0.2, 0.25) is 0 Å². The summed E-state index contributed by atoms with van der Waals surface area (Å²) in [6, 6.07) is 20.8. The van der Waals surface area contributed by atoms with Crippen LogP contribution >= 0.6 is 11.6 Å². The van der Waals surface area contributed by atoms with E-state index in [0.717, 1.165) is 5.88 Å². The molecular weight excluding hydrogens is 468 g/mol. The SMILES string of the molecule is CCCCCCCCCCCCCCCCCCCCCCCCCl.c1ccc(-c2ccccc2)cc1. The van der Waals surface area contributed by atoms with E-state index in [1.807, 2.05) is 12.1 Å². The highest BCUT2D eigenvalue weighted by Crippen LogP contribution is 2.17. The molecule has 0 bridgehead atoms. The van der Waals surface area contributed by atoms with Gasteiger partial charge in [-0.1, -0.05) is 202 Å². The molecule has 0 fully saturated rings. The second-order valence-electron chi connectivity index (χ2n) is 10.8. The van der Waals surface area contributed by atoms with Crippen molar-refractivity contribution in [3.63, 3.8) is 0 Å². The summed E-state index contributed by atoms with van der Waals surface area (Å²) < 4.78 is 0. The summed E-state index contributed by atoms with van der Waals surface area (Å²) in [7, 11) is 0. The summed E-state index contributed by atoms with van der Waals surface area (Å²) in [5.41, 5.74) is 2.55. The Labute approximate surface area is 237 Å². The minimum Gasteiger partial charge on any atom is -0.127 e. The lowest BCUT2D eigenvalue weighted by Gasteiger charge is -2.04. The Kier molecular flexibility index (Phi) is 25.3. The van der Waals surface area contributed by atoms with Crippen molar-refractivity contribution < 1.29 is 0 Å². The maximum atomic E-state index is 5.69. The molecule has 210 valence electrons. The van der Waals surface area contributed by atoms with Crippen molar-refractivity contribution in [3.05, 3.63) is 60.7 Å². The molecule has 0 aromatic heterocycles. The zero-order valence-corrected chi connectivity index (χ0v) is 25.2. The number of hydrogen-bond acceptors (Lipinski definition) is 0. The van der Waals surface area contributed by atoms with E-state index >= 15 is 0 Å². The first-order valence-corrected chi connectivity index (χ1v) is 16.6. The summed E-state index contributed by atoms with van der Waals surface area (Å²) >= 11 is 5.69. The van der Waals surface area contributed by atoms with Gasteiger partial charge in [0.15, 0.2) is 0 Å². The zero-order valence-electron chi connectivity index (χ0n) is 24.4. The number of alkyl halides is 1. The van der Waals surface area contributed by atoms with Gasteiger partial charge < -0.3 is 0 Å². The molecule has 0 heterocycles. The van der Waals surface area contributed by atoms with E-state index < -0.39 is 0 Å². The molecule has 0 unspecified atom stereocenters. The molecule has 0 aliphatic rings. The van der Waals surface area contributed by atoms with Gasteiger partial charge in [0.1, 0.15) is 0 Å². The van der Waals surface area contributed by atoms with E-state index in [-0.39, 0.29) is 0 Å². The largest absolute Gasteiger partial charge is 0.127 e. The van der Waals surface area contributed by atoms with Crippen molar-refractivity contribution in [1.29, 1.82) is 0 Å². The Morgan fingerprint density at radius 2 is 0.595 bits per heavy atom. The summed E-state index contributed by atoms with van der Waals surface area (Å²) in [6.45, 7) is 2.30. The van der Waals surface area contributed by atoms with Gasteiger partial charge in [0.05, 0.1) is 0 Å². The van der Waals surface area contributed by atoms with Crippen molar-refractivity contribution in [1.82, 2.24) is 0 Å². The monoisotopic (exact) mass is 526 g/mol. The normalized spacial score (nSPS) is 10.8. The lowest BCUT2D eigenvalue weighted by Crippen LogP contribution is -1.84. The molecule has 2 rings (SSSR count). The number of halogens is 1. The zero-order chi connectivity index (χ0) is 26.5.